The van der Waals surface area contributed by atoms with E-state index in [1.807, 2.05) is 0 Å². The fourth-order valence-electron chi connectivity index (χ4n) is 2.00. The van der Waals surface area contributed by atoms with Gasteiger partial charge >= 0.3 is 5.69 Å². The number of primary amides is 1. The number of anilines is 1. The Hall–Kier alpha value is -2.33. The number of hydrogen-bond donors (Lipinski definition) is 3. The molecule has 0 saturated carbocycles. The first kappa shape index (κ1) is 15.1. The zero-order valence-corrected chi connectivity index (χ0v) is 10.6. The van der Waals surface area contributed by atoms with Gasteiger partial charge in [-0.05, 0) is 0 Å². The molecule has 0 spiro atoms. The van der Waals surface area contributed by atoms with Crippen molar-refractivity contribution < 1.29 is 23.4 Å². The number of ether oxygens (including phenoxy) is 1. The number of rotatable bonds is 3. The number of alkyl halides is 1. The van der Waals surface area contributed by atoms with Crippen LogP contribution in [-0.4, -0.2) is 39.4 Å². The highest BCUT2D eigenvalue weighted by atomic mass is 19.1. The van der Waals surface area contributed by atoms with Crippen molar-refractivity contribution in [2.24, 2.45) is 5.73 Å². The van der Waals surface area contributed by atoms with E-state index < -0.39 is 48.1 Å². The van der Waals surface area contributed by atoms with E-state index in [1.165, 1.54) is 0 Å². The van der Waals surface area contributed by atoms with Gasteiger partial charge in [0.2, 0.25) is 0 Å². The monoisotopic (exact) mass is 302 g/mol. The van der Waals surface area contributed by atoms with Crippen LogP contribution in [0, 0.1) is 0 Å². The Morgan fingerprint density at radius 2 is 2.29 bits per heavy atom. The van der Waals surface area contributed by atoms with Gasteiger partial charge in [0.25, 0.3) is 5.91 Å². The Balaban J connectivity index is 2.50. The van der Waals surface area contributed by atoms with E-state index in [2.05, 4.69) is 4.98 Å². The molecule has 3 unspecified atom stereocenters. The molecule has 1 aliphatic rings. The van der Waals surface area contributed by atoms with Gasteiger partial charge in [-0.3, -0.25) is 9.36 Å². The second-order valence-electron chi connectivity index (χ2n) is 4.30. The third-order valence-corrected chi connectivity index (χ3v) is 3.06. The maximum absolute atomic E-state index is 14.1. The molecule has 114 valence electrons. The zero-order valence-electron chi connectivity index (χ0n) is 10.6. The Kier molecular flexibility index (Phi) is 4.00. The predicted octanol–water partition coefficient (Wildman–Crippen LogP) is -0.994. The normalized spacial score (nSPS) is 27.2. The smallest absolute Gasteiger partial charge is 0.351 e. The minimum absolute atomic E-state index is 0.0314. The van der Waals surface area contributed by atoms with Gasteiger partial charge in [0.15, 0.2) is 12.4 Å². The summed E-state index contributed by atoms with van der Waals surface area (Å²) in [5.41, 5.74) is 8.66. The second-order valence-corrected chi connectivity index (χ2v) is 4.30. The number of nitrogen functional groups attached to an aromatic ring is 1. The highest BCUT2D eigenvalue weighted by molar-refractivity contribution is 5.96. The lowest BCUT2D eigenvalue weighted by atomic mass is 10.1. The van der Waals surface area contributed by atoms with Crippen LogP contribution >= 0.6 is 0 Å². The molecular formula is C11H12F2N4O4. The van der Waals surface area contributed by atoms with Crippen LogP contribution in [0.1, 0.15) is 16.6 Å². The van der Waals surface area contributed by atoms with Crippen LogP contribution < -0.4 is 17.2 Å². The first-order chi connectivity index (χ1) is 9.90. The molecule has 1 amide bonds. The van der Waals surface area contributed by atoms with Crippen molar-refractivity contribution in [2.75, 3.05) is 12.3 Å². The summed E-state index contributed by atoms with van der Waals surface area (Å²) in [6, 6.07) is 0. The van der Waals surface area contributed by atoms with Gasteiger partial charge in [0, 0.05) is 11.8 Å². The number of aliphatic hydroxyl groups excluding tert-OH is 1. The Morgan fingerprint density at radius 1 is 1.62 bits per heavy atom. The second kappa shape index (κ2) is 5.58. The van der Waals surface area contributed by atoms with Crippen LogP contribution in [0.25, 0.3) is 0 Å². The van der Waals surface area contributed by atoms with Crippen molar-refractivity contribution in [3.63, 3.8) is 0 Å². The average molecular weight is 302 g/mol. The van der Waals surface area contributed by atoms with E-state index in [0.717, 1.165) is 6.20 Å². The molecule has 0 radical (unpaired) electrons. The number of carbonyl (C=O) groups is 1. The maximum Gasteiger partial charge on any atom is 0.351 e. The lowest BCUT2D eigenvalue weighted by Crippen LogP contribution is -2.33. The standard InChI is InChI=1S/C11H12F2N4O4/c12-1-4-6(3-18)21-10(7(4)13)17-2-5(9(15)19)8(14)16-11(17)20/h1-2,6-7,10,18H,3H2,(H2,15,19)(H2,14,16,20). The first-order valence-corrected chi connectivity index (χ1v) is 5.79. The molecule has 1 saturated heterocycles. The molecule has 0 aromatic carbocycles. The molecule has 1 fully saturated rings. The average Bonchev–Trinajstić information content (AvgIpc) is 2.74. The fourth-order valence-corrected chi connectivity index (χ4v) is 2.00. The first-order valence-electron chi connectivity index (χ1n) is 5.79. The number of carbonyl (C=O) groups excluding carboxylic acids is 1. The third-order valence-electron chi connectivity index (χ3n) is 3.06. The molecule has 2 rings (SSSR count). The van der Waals surface area contributed by atoms with Crippen LogP contribution in [0.2, 0.25) is 0 Å². The van der Waals surface area contributed by atoms with Crippen LogP contribution in [0.4, 0.5) is 14.6 Å². The molecule has 10 heteroatoms. The summed E-state index contributed by atoms with van der Waals surface area (Å²) in [5, 5.41) is 9.01. The summed E-state index contributed by atoms with van der Waals surface area (Å²) in [6.07, 6.45) is -3.99. The van der Waals surface area contributed by atoms with Gasteiger partial charge in [-0.2, -0.15) is 4.98 Å². The number of hydrogen-bond acceptors (Lipinski definition) is 6. The van der Waals surface area contributed by atoms with Crippen molar-refractivity contribution >= 4 is 11.7 Å². The molecule has 3 atom stereocenters. The third kappa shape index (κ3) is 2.50. The number of aromatic nitrogens is 2. The van der Waals surface area contributed by atoms with E-state index in [9.17, 15) is 18.4 Å². The van der Waals surface area contributed by atoms with E-state index in [1.54, 1.807) is 0 Å². The zero-order chi connectivity index (χ0) is 15.7. The topological polar surface area (TPSA) is 133 Å². The molecule has 0 aliphatic carbocycles. The van der Waals surface area contributed by atoms with Crippen molar-refractivity contribution in [1.29, 1.82) is 0 Å². The molecule has 1 aromatic heterocycles. The van der Waals surface area contributed by atoms with E-state index in [4.69, 9.17) is 21.3 Å². The largest absolute Gasteiger partial charge is 0.393 e. The Labute approximate surface area is 116 Å². The summed E-state index contributed by atoms with van der Waals surface area (Å²) in [6.45, 7) is -0.674. The van der Waals surface area contributed by atoms with Crippen LogP contribution in [0.15, 0.2) is 22.9 Å². The van der Waals surface area contributed by atoms with E-state index in [0.29, 0.717) is 4.57 Å². The highest BCUT2D eigenvalue weighted by Gasteiger charge is 2.42. The molecule has 1 aliphatic heterocycles. The summed E-state index contributed by atoms with van der Waals surface area (Å²) < 4.78 is 32.5. The number of aliphatic hydroxyl groups is 1. The number of nitrogens with zero attached hydrogens (tertiary/aromatic N) is 2. The van der Waals surface area contributed by atoms with Gasteiger partial charge in [0.05, 0.1) is 18.5 Å². The van der Waals surface area contributed by atoms with Crippen LogP contribution in [0.3, 0.4) is 0 Å². The van der Waals surface area contributed by atoms with Gasteiger partial charge in [0.1, 0.15) is 11.9 Å². The Morgan fingerprint density at radius 3 is 2.76 bits per heavy atom. The Bertz CT molecular complexity index is 660. The van der Waals surface area contributed by atoms with Crippen LogP contribution in [0.5, 0.6) is 0 Å². The molecule has 5 N–H and O–H groups in total. The van der Waals surface area contributed by atoms with Crippen molar-refractivity contribution in [2.45, 2.75) is 18.5 Å². The summed E-state index contributed by atoms with van der Waals surface area (Å²) in [7, 11) is 0. The van der Waals surface area contributed by atoms with Gasteiger partial charge in [-0.15, -0.1) is 0 Å². The molecule has 2 heterocycles. The minimum Gasteiger partial charge on any atom is -0.393 e. The SMILES string of the molecule is NC(=O)c1cn(C2OC(CO)C(=CF)C2F)c(=O)nc1N. The molecule has 21 heavy (non-hydrogen) atoms. The van der Waals surface area contributed by atoms with Crippen molar-refractivity contribution in [3.05, 3.63) is 34.1 Å². The highest BCUT2D eigenvalue weighted by Crippen LogP contribution is 2.35. The van der Waals surface area contributed by atoms with Crippen molar-refractivity contribution in [1.82, 2.24) is 9.55 Å². The maximum atomic E-state index is 14.1. The van der Waals surface area contributed by atoms with Crippen LogP contribution in [-0.2, 0) is 4.74 Å². The number of amides is 1. The molecule has 8 nitrogen and oxygen atoms in total. The summed E-state index contributed by atoms with van der Waals surface area (Å²) in [5.74, 6) is -1.38. The van der Waals surface area contributed by atoms with E-state index in [-0.39, 0.29) is 11.9 Å². The fraction of sp³-hybridized carbons (Fsp3) is 0.364. The number of halogens is 2. The molecule has 0 bridgehead atoms. The van der Waals surface area contributed by atoms with Gasteiger partial charge in [-0.25, -0.2) is 13.6 Å². The summed E-state index contributed by atoms with van der Waals surface area (Å²) in [4.78, 5) is 26.2. The lowest BCUT2D eigenvalue weighted by Gasteiger charge is -2.16. The van der Waals surface area contributed by atoms with Gasteiger partial charge < -0.3 is 21.3 Å². The molecule has 1 aromatic rings. The van der Waals surface area contributed by atoms with Gasteiger partial charge in [-0.1, -0.05) is 0 Å². The summed E-state index contributed by atoms with van der Waals surface area (Å²) >= 11 is 0. The van der Waals surface area contributed by atoms with E-state index >= 15 is 0 Å². The lowest BCUT2D eigenvalue weighted by molar-refractivity contribution is -0.0375. The minimum atomic E-state index is -2.03. The quantitative estimate of drug-likeness (QED) is 0.656. The molecular weight excluding hydrogens is 290 g/mol. The van der Waals surface area contributed by atoms with Crippen molar-refractivity contribution in [3.8, 4) is 0 Å². The predicted molar refractivity (Wildman–Crippen MR) is 66.5 cm³/mol. The number of nitrogens with two attached hydrogens (primary N) is 2.